The van der Waals surface area contributed by atoms with Gasteiger partial charge in [-0.25, -0.2) is 0 Å². The summed E-state index contributed by atoms with van der Waals surface area (Å²) in [6.45, 7) is 2.08. The SMILES string of the molecule is OCc1cccc(N2CC=CC2)c1. The van der Waals surface area contributed by atoms with Gasteiger partial charge in [0, 0.05) is 18.8 Å². The summed E-state index contributed by atoms with van der Waals surface area (Å²) >= 11 is 0. The summed E-state index contributed by atoms with van der Waals surface area (Å²) in [4.78, 5) is 2.26. The summed E-state index contributed by atoms with van der Waals surface area (Å²) in [6.07, 6.45) is 4.32. The molecular formula is C11H13NO. The molecule has 0 aliphatic carbocycles. The zero-order valence-electron chi connectivity index (χ0n) is 7.48. The molecule has 68 valence electrons. The van der Waals surface area contributed by atoms with E-state index in [-0.39, 0.29) is 6.61 Å². The van der Waals surface area contributed by atoms with Crippen molar-refractivity contribution in [2.75, 3.05) is 18.0 Å². The molecule has 0 bridgehead atoms. The molecule has 2 nitrogen and oxygen atoms in total. The highest BCUT2D eigenvalue weighted by atomic mass is 16.3. The average molecular weight is 175 g/mol. The molecular weight excluding hydrogens is 162 g/mol. The fourth-order valence-electron chi connectivity index (χ4n) is 1.54. The Balaban J connectivity index is 2.19. The quantitative estimate of drug-likeness (QED) is 0.689. The van der Waals surface area contributed by atoms with E-state index in [4.69, 9.17) is 5.11 Å². The van der Waals surface area contributed by atoms with E-state index in [0.717, 1.165) is 18.7 Å². The molecule has 0 fully saturated rings. The van der Waals surface area contributed by atoms with Gasteiger partial charge in [0.15, 0.2) is 0 Å². The number of hydrogen-bond acceptors (Lipinski definition) is 2. The van der Waals surface area contributed by atoms with Gasteiger partial charge in [0.1, 0.15) is 0 Å². The van der Waals surface area contributed by atoms with Crippen molar-refractivity contribution in [3.8, 4) is 0 Å². The monoisotopic (exact) mass is 175 g/mol. The van der Waals surface area contributed by atoms with Crippen molar-refractivity contribution < 1.29 is 5.11 Å². The van der Waals surface area contributed by atoms with Gasteiger partial charge in [-0.05, 0) is 17.7 Å². The molecule has 1 aliphatic rings. The molecule has 0 unspecified atom stereocenters. The second-order valence-electron chi connectivity index (χ2n) is 3.20. The number of rotatable bonds is 2. The minimum atomic E-state index is 0.120. The number of benzene rings is 1. The van der Waals surface area contributed by atoms with Crippen molar-refractivity contribution >= 4 is 5.69 Å². The lowest BCUT2D eigenvalue weighted by Crippen LogP contribution is -2.18. The zero-order chi connectivity index (χ0) is 9.10. The second kappa shape index (κ2) is 3.62. The lowest BCUT2D eigenvalue weighted by atomic mass is 10.2. The molecule has 0 saturated carbocycles. The van der Waals surface area contributed by atoms with Gasteiger partial charge in [-0.2, -0.15) is 0 Å². The summed E-state index contributed by atoms with van der Waals surface area (Å²) < 4.78 is 0. The summed E-state index contributed by atoms with van der Waals surface area (Å²) in [5.41, 5.74) is 2.17. The highest BCUT2D eigenvalue weighted by Gasteiger charge is 2.06. The van der Waals surface area contributed by atoms with Crippen molar-refractivity contribution in [3.63, 3.8) is 0 Å². The minimum absolute atomic E-state index is 0.120. The van der Waals surface area contributed by atoms with Crippen LogP contribution in [0.1, 0.15) is 5.56 Å². The predicted molar refractivity (Wildman–Crippen MR) is 53.7 cm³/mol. The third kappa shape index (κ3) is 1.73. The van der Waals surface area contributed by atoms with Gasteiger partial charge in [-0.15, -0.1) is 0 Å². The smallest absolute Gasteiger partial charge is 0.0682 e. The van der Waals surface area contributed by atoms with Crippen molar-refractivity contribution in [1.82, 2.24) is 0 Å². The van der Waals surface area contributed by atoms with Gasteiger partial charge >= 0.3 is 0 Å². The Morgan fingerprint density at radius 3 is 2.69 bits per heavy atom. The van der Waals surface area contributed by atoms with E-state index in [9.17, 15) is 0 Å². The van der Waals surface area contributed by atoms with Crippen LogP contribution in [-0.2, 0) is 6.61 Å². The van der Waals surface area contributed by atoms with Crippen LogP contribution < -0.4 is 4.90 Å². The Labute approximate surface area is 78.1 Å². The third-order valence-corrected chi connectivity index (χ3v) is 2.28. The maximum Gasteiger partial charge on any atom is 0.0682 e. The highest BCUT2D eigenvalue weighted by molar-refractivity contribution is 5.51. The first kappa shape index (κ1) is 8.32. The first-order valence-electron chi connectivity index (χ1n) is 4.50. The zero-order valence-corrected chi connectivity index (χ0v) is 7.48. The van der Waals surface area contributed by atoms with E-state index in [1.807, 2.05) is 18.2 Å². The molecule has 0 atom stereocenters. The van der Waals surface area contributed by atoms with Gasteiger partial charge in [-0.1, -0.05) is 24.3 Å². The van der Waals surface area contributed by atoms with Crippen LogP contribution in [0.15, 0.2) is 36.4 Å². The van der Waals surface area contributed by atoms with Crippen molar-refractivity contribution in [2.24, 2.45) is 0 Å². The molecule has 0 saturated heterocycles. The van der Waals surface area contributed by atoms with E-state index >= 15 is 0 Å². The molecule has 2 rings (SSSR count). The molecule has 0 amide bonds. The molecule has 13 heavy (non-hydrogen) atoms. The van der Waals surface area contributed by atoms with E-state index in [0.29, 0.717) is 0 Å². The van der Waals surface area contributed by atoms with E-state index in [1.54, 1.807) is 0 Å². The number of aliphatic hydroxyl groups excluding tert-OH is 1. The van der Waals surface area contributed by atoms with E-state index < -0.39 is 0 Å². The lowest BCUT2D eigenvalue weighted by molar-refractivity contribution is 0.282. The van der Waals surface area contributed by atoms with Crippen LogP contribution in [-0.4, -0.2) is 18.2 Å². The second-order valence-corrected chi connectivity index (χ2v) is 3.20. The molecule has 1 aromatic carbocycles. The van der Waals surface area contributed by atoms with Crippen LogP contribution in [0, 0.1) is 0 Å². The van der Waals surface area contributed by atoms with Crippen LogP contribution in [0.2, 0.25) is 0 Å². The maximum absolute atomic E-state index is 8.97. The first-order chi connectivity index (χ1) is 6.40. The van der Waals surface area contributed by atoms with Crippen molar-refractivity contribution in [1.29, 1.82) is 0 Å². The maximum atomic E-state index is 8.97. The average Bonchev–Trinajstić information content (AvgIpc) is 2.71. The molecule has 2 heteroatoms. The molecule has 1 N–H and O–H groups in total. The third-order valence-electron chi connectivity index (χ3n) is 2.28. The molecule has 0 radical (unpaired) electrons. The molecule has 1 aromatic rings. The molecule has 0 spiro atoms. The van der Waals surface area contributed by atoms with Gasteiger partial charge in [0.2, 0.25) is 0 Å². The standard InChI is InChI=1S/C11H13NO/c13-9-10-4-3-5-11(8-10)12-6-1-2-7-12/h1-5,8,13H,6-7,9H2. The predicted octanol–water partition coefficient (Wildman–Crippen LogP) is 1.56. The van der Waals surface area contributed by atoms with Crippen molar-refractivity contribution in [3.05, 3.63) is 42.0 Å². The summed E-state index contributed by atoms with van der Waals surface area (Å²) in [7, 11) is 0. The Morgan fingerprint density at radius 2 is 2.00 bits per heavy atom. The van der Waals surface area contributed by atoms with Crippen molar-refractivity contribution in [2.45, 2.75) is 6.61 Å². The highest BCUT2D eigenvalue weighted by Crippen LogP contribution is 2.18. The van der Waals surface area contributed by atoms with Crippen LogP contribution >= 0.6 is 0 Å². The fourth-order valence-corrected chi connectivity index (χ4v) is 1.54. The van der Waals surface area contributed by atoms with Crippen LogP contribution in [0.4, 0.5) is 5.69 Å². The van der Waals surface area contributed by atoms with Crippen LogP contribution in [0.3, 0.4) is 0 Å². The van der Waals surface area contributed by atoms with E-state index in [2.05, 4.69) is 23.1 Å². The summed E-state index contributed by atoms with van der Waals surface area (Å²) in [5, 5.41) is 8.97. The Hall–Kier alpha value is -1.28. The Kier molecular flexibility index (Phi) is 2.32. The molecule has 1 aliphatic heterocycles. The van der Waals surface area contributed by atoms with Gasteiger partial charge in [0.05, 0.1) is 6.61 Å². The Bertz CT molecular complexity index is 312. The molecule has 1 heterocycles. The van der Waals surface area contributed by atoms with E-state index in [1.165, 1.54) is 5.69 Å². The van der Waals surface area contributed by atoms with Gasteiger partial charge in [-0.3, -0.25) is 0 Å². The summed E-state index contributed by atoms with van der Waals surface area (Å²) in [6, 6.07) is 8.03. The first-order valence-corrected chi connectivity index (χ1v) is 4.50. The molecule has 0 aromatic heterocycles. The largest absolute Gasteiger partial charge is 0.392 e. The number of hydrogen-bond donors (Lipinski definition) is 1. The number of nitrogens with zero attached hydrogens (tertiary/aromatic N) is 1. The topological polar surface area (TPSA) is 23.5 Å². The lowest BCUT2D eigenvalue weighted by Gasteiger charge is -2.17. The summed E-state index contributed by atoms with van der Waals surface area (Å²) in [5.74, 6) is 0. The number of aliphatic hydroxyl groups is 1. The van der Waals surface area contributed by atoms with Gasteiger partial charge < -0.3 is 10.0 Å². The normalized spacial score (nSPS) is 15.3. The fraction of sp³-hybridized carbons (Fsp3) is 0.273. The van der Waals surface area contributed by atoms with Gasteiger partial charge in [0.25, 0.3) is 0 Å². The van der Waals surface area contributed by atoms with Crippen LogP contribution in [0.5, 0.6) is 0 Å². The number of anilines is 1. The minimum Gasteiger partial charge on any atom is -0.392 e. The Morgan fingerprint density at radius 1 is 1.23 bits per heavy atom. The van der Waals surface area contributed by atoms with Crippen LogP contribution in [0.25, 0.3) is 0 Å².